The predicted molar refractivity (Wildman–Crippen MR) is 109 cm³/mol. The second kappa shape index (κ2) is 7.47. The lowest BCUT2D eigenvalue weighted by Crippen LogP contribution is -2.31. The van der Waals surface area contributed by atoms with Crippen molar-refractivity contribution in [3.05, 3.63) is 46.8 Å². The van der Waals surface area contributed by atoms with Crippen LogP contribution in [-0.4, -0.2) is 27.7 Å². The van der Waals surface area contributed by atoms with Crippen molar-refractivity contribution in [2.75, 3.05) is 16.8 Å². The molecule has 1 aliphatic heterocycles. The molecular formula is C22H30N4O. The third-order valence-corrected chi connectivity index (χ3v) is 5.73. The van der Waals surface area contributed by atoms with E-state index in [-0.39, 0.29) is 0 Å². The maximum Gasteiger partial charge on any atom is 0.136 e. The molecule has 2 atom stereocenters. The highest BCUT2D eigenvalue weighted by atomic mass is 16.3. The molecule has 27 heavy (non-hydrogen) atoms. The summed E-state index contributed by atoms with van der Waals surface area (Å²) in [6, 6.07) is 8.86. The van der Waals surface area contributed by atoms with Gasteiger partial charge in [-0.05, 0) is 56.2 Å². The molecule has 0 unspecified atom stereocenters. The lowest BCUT2D eigenvalue weighted by atomic mass is 9.96. The lowest BCUT2D eigenvalue weighted by Gasteiger charge is -2.31. The largest absolute Gasteiger partial charge is 0.389 e. The molecule has 2 aromatic rings. The Balaban J connectivity index is 1.59. The number of benzene rings is 1. The Kier molecular flexibility index (Phi) is 5.04. The normalized spacial score (nSPS) is 18.7. The van der Waals surface area contributed by atoms with Crippen LogP contribution in [0.5, 0.6) is 0 Å². The van der Waals surface area contributed by atoms with E-state index in [1.54, 1.807) is 0 Å². The van der Waals surface area contributed by atoms with Crippen LogP contribution < -0.4 is 10.2 Å². The molecule has 0 radical (unpaired) electrons. The number of rotatable bonds is 6. The van der Waals surface area contributed by atoms with Gasteiger partial charge >= 0.3 is 0 Å². The number of aliphatic hydroxyl groups is 1. The summed E-state index contributed by atoms with van der Waals surface area (Å²) < 4.78 is 0. The van der Waals surface area contributed by atoms with Crippen molar-refractivity contribution in [1.82, 2.24) is 9.97 Å². The van der Waals surface area contributed by atoms with Crippen molar-refractivity contribution in [3.8, 4) is 0 Å². The zero-order valence-corrected chi connectivity index (χ0v) is 16.6. The van der Waals surface area contributed by atoms with Crippen molar-refractivity contribution in [1.29, 1.82) is 0 Å². The maximum absolute atomic E-state index is 9.83. The minimum absolute atomic E-state index is 0.403. The number of nitrogens with zero attached hydrogens (tertiary/aromatic N) is 3. The highest BCUT2D eigenvalue weighted by Crippen LogP contribution is 2.39. The standard InChI is InChI=1S/C22H30N4O/c1-4-14(2)23-20-12-21(25-22(24-20)16-5-6-16)26-10-9-18-11-17(15(3)27)7-8-19(18)13-26/h7-8,11-12,14-16,27H,4-6,9-10,13H2,1-3H3,(H,23,24,25)/t14-,15-/m0/s1. The summed E-state index contributed by atoms with van der Waals surface area (Å²) in [6.45, 7) is 8.00. The molecule has 1 saturated carbocycles. The van der Waals surface area contributed by atoms with Gasteiger partial charge in [-0.1, -0.05) is 25.1 Å². The zero-order chi connectivity index (χ0) is 19.0. The fourth-order valence-electron chi connectivity index (χ4n) is 3.60. The van der Waals surface area contributed by atoms with Gasteiger partial charge in [-0.2, -0.15) is 0 Å². The SMILES string of the molecule is CC[C@H](C)Nc1cc(N2CCc3cc([C@H](C)O)ccc3C2)nc(C2CC2)n1. The van der Waals surface area contributed by atoms with Gasteiger partial charge in [0.05, 0.1) is 6.10 Å². The topological polar surface area (TPSA) is 61.3 Å². The Bertz CT molecular complexity index is 816. The number of hydrogen-bond donors (Lipinski definition) is 2. The van der Waals surface area contributed by atoms with E-state index < -0.39 is 6.10 Å². The van der Waals surface area contributed by atoms with Gasteiger partial charge in [-0.25, -0.2) is 9.97 Å². The average molecular weight is 367 g/mol. The minimum Gasteiger partial charge on any atom is -0.389 e. The van der Waals surface area contributed by atoms with Gasteiger partial charge in [0.1, 0.15) is 17.5 Å². The third-order valence-electron chi connectivity index (χ3n) is 5.73. The van der Waals surface area contributed by atoms with Crippen LogP contribution in [0.2, 0.25) is 0 Å². The Morgan fingerprint density at radius 3 is 2.70 bits per heavy atom. The first-order chi connectivity index (χ1) is 13.0. The Labute approximate surface area is 161 Å². The zero-order valence-electron chi connectivity index (χ0n) is 16.6. The summed E-state index contributed by atoms with van der Waals surface area (Å²) in [6.07, 6.45) is 4.05. The Morgan fingerprint density at radius 1 is 1.19 bits per heavy atom. The molecule has 1 fully saturated rings. The van der Waals surface area contributed by atoms with E-state index in [0.29, 0.717) is 12.0 Å². The molecular weight excluding hydrogens is 336 g/mol. The fraction of sp³-hybridized carbons (Fsp3) is 0.545. The highest BCUT2D eigenvalue weighted by molar-refractivity contribution is 5.52. The minimum atomic E-state index is -0.412. The van der Waals surface area contributed by atoms with Crippen LogP contribution in [0.4, 0.5) is 11.6 Å². The highest BCUT2D eigenvalue weighted by Gasteiger charge is 2.28. The molecule has 2 heterocycles. The van der Waals surface area contributed by atoms with Crippen LogP contribution >= 0.6 is 0 Å². The summed E-state index contributed by atoms with van der Waals surface area (Å²) in [7, 11) is 0. The van der Waals surface area contributed by atoms with Crippen LogP contribution in [0, 0.1) is 0 Å². The van der Waals surface area contributed by atoms with Crippen molar-refractivity contribution >= 4 is 11.6 Å². The number of fused-ring (bicyclic) bond motifs is 1. The van der Waals surface area contributed by atoms with Crippen molar-refractivity contribution in [2.24, 2.45) is 0 Å². The molecule has 1 aliphatic carbocycles. The van der Waals surface area contributed by atoms with Crippen molar-refractivity contribution in [3.63, 3.8) is 0 Å². The first-order valence-corrected chi connectivity index (χ1v) is 10.2. The van der Waals surface area contributed by atoms with Crippen molar-refractivity contribution < 1.29 is 5.11 Å². The maximum atomic E-state index is 9.83. The molecule has 1 aromatic carbocycles. The van der Waals surface area contributed by atoms with E-state index in [2.05, 4.69) is 42.3 Å². The smallest absolute Gasteiger partial charge is 0.136 e. The summed E-state index contributed by atoms with van der Waals surface area (Å²) in [5, 5.41) is 13.4. The monoisotopic (exact) mass is 366 g/mol. The van der Waals surface area contributed by atoms with E-state index in [9.17, 15) is 5.11 Å². The van der Waals surface area contributed by atoms with E-state index in [4.69, 9.17) is 9.97 Å². The summed E-state index contributed by atoms with van der Waals surface area (Å²) >= 11 is 0. The van der Waals surface area contributed by atoms with Gasteiger partial charge in [0.2, 0.25) is 0 Å². The lowest BCUT2D eigenvalue weighted by molar-refractivity contribution is 0.199. The van der Waals surface area contributed by atoms with Gasteiger partial charge in [-0.15, -0.1) is 0 Å². The van der Waals surface area contributed by atoms with Crippen LogP contribution in [-0.2, 0) is 13.0 Å². The molecule has 4 rings (SSSR count). The Hall–Kier alpha value is -2.14. The Morgan fingerprint density at radius 2 is 2.00 bits per heavy atom. The first kappa shape index (κ1) is 18.2. The first-order valence-electron chi connectivity index (χ1n) is 10.2. The summed E-state index contributed by atoms with van der Waals surface area (Å²) in [4.78, 5) is 12.0. The second-order valence-corrected chi connectivity index (χ2v) is 8.07. The molecule has 0 amide bonds. The van der Waals surface area contributed by atoms with Gasteiger partial charge in [-0.3, -0.25) is 0 Å². The van der Waals surface area contributed by atoms with Crippen LogP contribution in [0.25, 0.3) is 0 Å². The van der Waals surface area contributed by atoms with Crippen LogP contribution in [0.15, 0.2) is 24.3 Å². The van der Waals surface area contributed by atoms with E-state index in [1.807, 2.05) is 13.0 Å². The molecule has 5 heteroatoms. The number of anilines is 2. The summed E-state index contributed by atoms with van der Waals surface area (Å²) in [5.74, 6) is 3.51. The third kappa shape index (κ3) is 4.08. The predicted octanol–water partition coefficient (Wildman–Crippen LogP) is 4.18. The second-order valence-electron chi connectivity index (χ2n) is 8.07. The molecule has 1 aromatic heterocycles. The van der Waals surface area contributed by atoms with Gasteiger partial charge in [0.15, 0.2) is 0 Å². The number of hydrogen-bond acceptors (Lipinski definition) is 5. The van der Waals surface area contributed by atoms with E-state index in [1.165, 1.54) is 24.0 Å². The molecule has 2 aliphatic rings. The molecule has 2 N–H and O–H groups in total. The molecule has 0 saturated heterocycles. The summed E-state index contributed by atoms with van der Waals surface area (Å²) in [5.41, 5.74) is 3.67. The van der Waals surface area contributed by atoms with E-state index >= 15 is 0 Å². The van der Waals surface area contributed by atoms with Crippen molar-refractivity contribution in [2.45, 2.75) is 71.1 Å². The fourth-order valence-corrected chi connectivity index (χ4v) is 3.60. The van der Waals surface area contributed by atoms with Crippen LogP contribution in [0.3, 0.4) is 0 Å². The number of aromatic nitrogens is 2. The molecule has 0 bridgehead atoms. The molecule has 0 spiro atoms. The quantitative estimate of drug-likeness (QED) is 0.803. The van der Waals surface area contributed by atoms with Gasteiger partial charge in [0, 0.05) is 31.1 Å². The number of nitrogens with one attached hydrogen (secondary N) is 1. The van der Waals surface area contributed by atoms with Gasteiger partial charge in [0.25, 0.3) is 0 Å². The van der Waals surface area contributed by atoms with Gasteiger partial charge < -0.3 is 15.3 Å². The van der Waals surface area contributed by atoms with Crippen LogP contribution in [0.1, 0.15) is 74.6 Å². The average Bonchev–Trinajstić information content (AvgIpc) is 3.52. The molecule has 5 nitrogen and oxygen atoms in total. The molecule has 144 valence electrons. The van der Waals surface area contributed by atoms with E-state index in [0.717, 1.165) is 49.0 Å². The number of aliphatic hydroxyl groups excluding tert-OH is 1.